The first-order valence-corrected chi connectivity index (χ1v) is 7.31. The van der Waals surface area contributed by atoms with E-state index in [1.165, 1.54) is 11.6 Å². The van der Waals surface area contributed by atoms with E-state index in [1.54, 1.807) is 6.07 Å². The number of hydrogen-bond acceptors (Lipinski definition) is 1. The van der Waals surface area contributed by atoms with E-state index in [-0.39, 0.29) is 16.9 Å². The molecule has 1 atom stereocenters. The summed E-state index contributed by atoms with van der Waals surface area (Å²) in [6, 6.07) is 15.3. The molecule has 0 aliphatic carbocycles. The molecule has 1 nitrogen and oxygen atoms in total. The molecule has 0 heterocycles. The average molecular weight is 292 g/mol. The molecule has 0 saturated carbocycles. The van der Waals surface area contributed by atoms with Gasteiger partial charge in [0.1, 0.15) is 5.82 Å². The molecule has 0 fully saturated rings. The van der Waals surface area contributed by atoms with E-state index >= 15 is 0 Å². The third-order valence-electron chi connectivity index (χ3n) is 3.30. The van der Waals surface area contributed by atoms with E-state index in [9.17, 15) is 4.39 Å². The van der Waals surface area contributed by atoms with Gasteiger partial charge in [0.15, 0.2) is 0 Å². The predicted molar refractivity (Wildman–Crippen MR) is 82.6 cm³/mol. The van der Waals surface area contributed by atoms with E-state index in [1.807, 2.05) is 24.3 Å². The Labute approximate surface area is 124 Å². The smallest absolute Gasteiger partial charge is 0.142 e. The van der Waals surface area contributed by atoms with E-state index in [0.29, 0.717) is 6.42 Å². The van der Waals surface area contributed by atoms with Gasteiger partial charge in [0.05, 0.1) is 5.02 Å². The highest BCUT2D eigenvalue weighted by Gasteiger charge is 2.14. The fraction of sp³-hybridized carbons (Fsp3) is 0.294. The Kier molecular flexibility index (Phi) is 5.57. The lowest BCUT2D eigenvalue weighted by Crippen LogP contribution is -2.24. The highest BCUT2D eigenvalue weighted by molar-refractivity contribution is 6.31. The number of benzene rings is 2. The summed E-state index contributed by atoms with van der Waals surface area (Å²) in [5, 5.41) is 3.73. The monoisotopic (exact) mass is 291 g/mol. The third kappa shape index (κ3) is 3.81. The zero-order valence-electron chi connectivity index (χ0n) is 11.6. The van der Waals surface area contributed by atoms with Crippen LogP contribution in [-0.2, 0) is 6.42 Å². The van der Waals surface area contributed by atoms with E-state index < -0.39 is 0 Å². The first kappa shape index (κ1) is 15.0. The van der Waals surface area contributed by atoms with Crippen molar-refractivity contribution in [2.75, 3.05) is 6.54 Å². The Hall–Kier alpha value is -1.38. The van der Waals surface area contributed by atoms with Crippen LogP contribution in [0.3, 0.4) is 0 Å². The van der Waals surface area contributed by atoms with Crippen LogP contribution in [-0.4, -0.2) is 6.54 Å². The number of halogens is 2. The molecule has 0 aliphatic rings. The van der Waals surface area contributed by atoms with Gasteiger partial charge in [-0.15, -0.1) is 0 Å². The minimum atomic E-state index is -0.355. The van der Waals surface area contributed by atoms with Crippen molar-refractivity contribution in [2.24, 2.45) is 0 Å². The molecule has 20 heavy (non-hydrogen) atoms. The summed E-state index contributed by atoms with van der Waals surface area (Å²) in [6.45, 7) is 3.05. The lowest BCUT2D eigenvalue weighted by atomic mass is 9.98. The molecule has 2 aromatic rings. The Morgan fingerprint density at radius 2 is 1.85 bits per heavy atom. The summed E-state index contributed by atoms with van der Waals surface area (Å²) >= 11 is 6.06. The number of rotatable bonds is 6. The van der Waals surface area contributed by atoms with E-state index in [2.05, 4.69) is 24.4 Å². The van der Waals surface area contributed by atoms with Crippen LogP contribution in [0, 0.1) is 5.82 Å². The van der Waals surface area contributed by atoms with Crippen LogP contribution in [0.15, 0.2) is 48.5 Å². The Morgan fingerprint density at radius 1 is 1.10 bits per heavy atom. The van der Waals surface area contributed by atoms with Crippen molar-refractivity contribution in [3.8, 4) is 0 Å². The van der Waals surface area contributed by atoms with Gasteiger partial charge in [0.2, 0.25) is 0 Å². The van der Waals surface area contributed by atoms with Gasteiger partial charge in [-0.25, -0.2) is 4.39 Å². The molecule has 3 heteroatoms. The van der Waals surface area contributed by atoms with Gasteiger partial charge in [0, 0.05) is 6.04 Å². The summed E-state index contributed by atoms with van der Waals surface area (Å²) < 4.78 is 13.5. The molecule has 0 aromatic heterocycles. The van der Waals surface area contributed by atoms with Crippen molar-refractivity contribution in [3.63, 3.8) is 0 Å². The maximum Gasteiger partial charge on any atom is 0.142 e. The van der Waals surface area contributed by atoms with Crippen molar-refractivity contribution in [2.45, 2.75) is 25.8 Å². The molecule has 0 saturated heterocycles. The molecular formula is C17H19ClFN. The second-order valence-electron chi connectivity index (χ2n) is 4.83. The Balaban J connectivity index is 2.21. The molecule has 0 amide bonds. The molecule has 1 unspecified atom stereocenters. The zero-order valence-corrected chi connectivity index (χ0v) is 12.3. The summed E-state index contributed by atoms with van der Waals surface area (Å²) in [4.78, 5) is 0. The van der Waals surface area contributed by atoms with Crippen molar-refractivity contribution < 1.29 is 4.39 Å². The van der Waals surface area contributed by atoms with Crippen LogP contribution < -0.4 is 5.32 Å². The quantitative estimate of drug-likeness (QED) is 0.809. The largest absolute Gasteiger partial charge is 0.310 e. The molecule has 2 rings (SSSR count). The van der Waals surface area contributed by atoms with Gasteiger partial charge in [-0.05, 0) is 36.6 Å². The second-order valence-corrected chi connectivity index (χ2v) is 5.21. The molecule has 1 N–H and O–H groups in total. The van der Waals surface area contributed by atoms with Crippen LogP contribution in [0.2, 0.25) is 5.02 Å². The van der Waals surface area contributed by atoms with Gasteiger partial charge < -0.3 is 5.32 Å². The topological polar surface area (TPSA) is 12.0 Å². The van der Waals surface area contributed by atoms with Crippen molar-refractivity contribution in [1.29, 1.82) is 0 Å². The third-order valence-corrected chi connectivity index (χ3v) is 3.72. The highest BCUT2D eigenvalue weighted by Crippen LogP contribution is 2.25. The fourth-order valence-corrected chi connectivity index (χ4v) is 2.44. The molecule has 0 spiro atoms. The predicted octanol–water partition coefficient (Wildman–Crippen LogP) is 4.76. The van der Waals surface area contributed by atoms with Crippen LogP contribution >= 0.6 is 11.6 Å². The first-order valence-electron chi connectivity index (χ1n) is 6.93. The maximum absolute atomic E-state index is 13.5. The normalized spacial score (nSPS) is 12.3. The molecule has 2 aromatic carbocycles. The summed E-state index contributed by atoms with van der Waals surface area (Å²) in [6.07, 6.45) is 1.74. The lowest BCUT2D eigenvalue weighted by molar-refractivity contribution is 0.527. The van der Waals surface area contributed by atoms with Crippen molar-refractivity contribution in [3.05, 3.63) is 70.5 Å². The molecule has 0 aliphatic heterocycles. The van der Waals surface area contributed by atoms with Gasteiger partial charge >= 0.3 is 0 Å². The van der Waals surface area contributed by atoms with Crippen LogP contribution in [0.1, 0.15) is 30.5 Å². The van der Waals surface area contributed by atoms with Gasteiger partial charge in [0.25, 0.3) is 0 Å². The Morgan fingerprint density at radius 3 is 2.55 bits per heavy atom. The number of nitrogens with one attached hydrogen (secondary N) is 1. The fourth-order valence-electron chi connectivity index (χ4n) is 2.24. The maximum atomic E-state index is 13.5. The van der Waals surface area contributed by atoms with Gasteiger partial charge in [-0.2, -0.15) is 0 Å². The SMILES string of the molecule is CCCNC(Cc1cccc(F)c1Cl)c1ccccc1. The van der Waals surface area contributed by atoms with E-state index in [0.717, 1.165) is 18.5 Å². The first-order chi connectivity index (χ1) is 9.72. The molecular weight excluding hydrogens is 273 g/mol. The standard InChI is InChI=1S/C17H19ClFN/c1-2-11-20-16(13-7-4-3-5-8-13)12-14-9-6-10-15(19)17(14)18/h3-10,16,20H,2,11-12H2,1H3. The van der Waals surface area contributed by atoms with Gasteiger partial charge in [-0.1, -0.05) is 61.0 Å². The molecule has 0 radical (unpaired) electrons. The number of hydrogen-bond donors (Lipinski definition) is 1. The molecule has 0 bridgehead atoms. The van der Waals surface area contributed by atoms with Crippen LogP contribution in [0.5, 0.6) is 0 Å². The van der Waals surface area contributed by atoms with E-state index in [4.69, 9.17) is 11.6 Å². The minimum Gasteiger partial charge on any atom is -0.310 e. The van der Waals surface area contributed by atoms with Gasteiger partial charge in [-0.3, -0.25) is 0 Å². The lowest BCUT2D eigenvalue weighted by Gasteiger charge is -2.20. The summed E-state index contributed by atoms with van der Waals surface area (Å²) in [7, 11) is 0. The average Bonchev–Trinajstić information content (AvgIpc) is 2.48. The van der Waals surface area contributed by atoms with Crippen molar-refractivity contribution in [1.82, 2.24) is 5.32 Å². The zero-order chi connectivity index (χ0) is 14.4. The molecule has 106 valence electrons. The van der Waals surface area contributed by atoms with Crippen LogP contribution in [0.4, 0.5) is 4.39 Å². The van der Waals surface area contributed by atoms with Crippen LogP contribution in [0.25, 0.3) is 0 Å². The van der Waals surface area contributed by atoms with Crippen molar-refractivity contribution >= 4 is 11.6 Å². The second kappa shape index (κ2) is 7.41. The summed E-state index contributed by atoms with van der Waals surface area (Å²) in [5.41, 5.74) is 2.03. The highest BCUT2D eigenvalue weighted by atomic mass is 35.5. The summed E-state index contributed by atoms with van der Waals surface area (Å²) in [5.74, 6) is -0.355. The Bertz CT molecular complexity index is 542. The minimum absolute atomic E-state index is 0.149.